The molecule has 39 heavy (non-hydrogen) atoms. The Kier molecular flexibility index (Phi) is 5.89. The molecule has 4 aromatic carbocycles. The van der Waals surface area contributed by atoms with Crippen molar-refractivity contribution in [1.29, 1.82) is 0 Å². The quantitative estimate of drug-likeness (QED) is 0.263. The largest absolute Gasteiger partial charge is 0.493 e. The van der Waals surface area contributed by atoms with Gasteiger partial charge in [-0.2, -0.15) is 0 Å². The number of hydrogen-bond acceptors (Lipinski definition) is 3. The van der Waals surface area contributed by atoms with Crippen LogP contribution in [0.2, 0.25) is 0 Å². The number of benzene rings is 4. The van der Waals surface area contributed by atoms with Crippen LogP contribution in [0.4, 0.5) is 4.39 Å². The van der Waals surface area contributed by atoms with Gasteiger partial charge < -0.3 is 14.5 Å². The van der Waals surface area contributed by atoms with Crippen molar-refractivity contribution < 1.29 is 13.9 Å². The molecule has 1 N–H and O–H groups in total. The molecule has 0 bridgehead atoms. The highest BCUT2D eigenvalue weighted by Gasteiger charge is 2.41. The van der Waals surface area contributed by atoms with E-state index in [0.717, 1.165) is 47.5 Å². The zero-order chi connectivity index (χ0) is 26.5. The number of methoxy groups -OCH3 is 1. The second kappa shape index (κ2) is 9.58. The number of fused-ring (bicyclic) bond motifs is 6. The lowest BCUT2D eigenvalue weighted by molar-refractivity contribution is 0.127. The molecule has 2 atom stereocenters. The van der Waals surface area contributed by atoms with Gasteiger partial charge in [0.1, 0.15) is 12.4 Å². The molecule has 0 saturated carbocycles. The molecule has 1 aromatic heterocycles. The molecular weight excluding hydrogens is 487 g/mol. The minimum absolute atomic E-state index is 0.0170. The number of aryl methyl sites for hydroxylation is 1. The summed E-state index contributed by atoms with van der Waals surface area (Å²) in [5, 5.41) is 1.26. The van der Waals surface area contributed by atoms with E-state index in [1.54, 1.807) is 19.2 Å². The van der Waals surface area contributed by atoms with E-state index in [0.29, 0.717) is 6.61 Å². The highest BCUT2D eigenvalue weighted by Crippen LogP contribution is 2.49. The van der Waals surface area contributed by atoms with Gasteiger partial charge in [-0.1, -0.05) is 60.2 Å². The Morgan fingerprint density at radius 2 is 1.74 bits per heavy atom. The summed E-state index contributed by atoms with van der Waals surface area (Å²) >= 11 is 0. The van der Waals surface area contributed by atoms with Gasteiger partial charge in [-0.3, -0.25) is 4.90 Å². The molecule has 3 heterocycles. The van der Waals surface area contributed by atoms with Crippen molar-refractivity contribution in [2.45, 2.75) is 38.5 Å². The fourth-order valence-corrected chi connectivity index (χ4v) is 6.42. The number of aromatic amines is 1. The minimum atomic E-state index is -0.213. The van der Waals surface area contributed by atoms with E-state index in [9.17, 15) is 4.39 Å². The number of halogens is 1. The van der Waals surface area contributed by atoms with E-state index in [1.807, 2.05) is 12.1 Å². The smallest absolute Gasteiger partial charge is 0.161 e. The molecule has 0 spiro atoms. The van der Waals surface area contributed by atoms with Gasteiger partial charge in [0.25, 0.3) is 0 Å². The number of nitrogens with one attached hydrogen (secondary N) is 1. The van der Waals surface area contributed by atoms with E-state index in [1.165, 1.54) is 33.3 Å². The fourth-order valence-electron chi connectivity index (χ4n) is 6.42. The van der Waals surface area contributed by atoms with Crippen LogP contribution in [0, 0.1) is 12.7 Å². The van der Waals surface area contributed by atoms with Gasteiger partial charge in [0.05, 0.1) is 13.2 Å². The van der Waals surface area contributed by atoms with Crippen molar-refractivity contribution >= 4 is 10.9 Å². The van der Waals surface area contributed by atoms with Gasteiger partial charge in [-0.25, -0.2) is 4.39 Å². The van der Waals surface area contributed by atoms with Crippen molar-refractivity contribution in [1.82, 2.24) is 9.88 Å². The number of ether oxygens (including phenoxy) is 2. The van der Waals surface area contributed by atoms with Crippen LogP contribution >= 0.6 is 0 Å². The first-order chi connectivity index (χ1) is 19.1. The zero-order valence-corrected chi connectivity index (χ0v) is 22.2. The molecule has 0 saturated heterocycles. The van der Waals surface area contributed by atoms with Gasteiger partial charge in [0.2, 0.25) is 0 Å². The number of nitrogens with zero attached hydrogens (tertiary/aromatic N) is 1. The van der Waals surface area contributed by atoms with Crippen molar-refractivity contribution in [3.8, 4) is 11.5 Å². The number of rotatable bonds is 5. The van der Waals surface area contributed by atoms with Gasteiger partial charge in [0.15, 0.2) is 11.5 Å². The van der Waals surface area contributed by atoms with Crippen LogP contribution in [0.1, 0.15) is 51.2 Å². The third kappa shape index (κ3) is 4.18. The maximum atomic E-state index is 13.9. The second-order valence-corrected chi connectivity index (χ2v) is 10.7. The van der Waals surface area contributed by atoms with E-state index < -0.39 is 0 Å². The molecule has 5 heteroatoms. The summed E-state index contributed by atoms with van der Waals surface area (Å²) in [5.74, 6) is 1.32. The first kappa shape index (κ1) is 24.0. The highest BCUT2D eigenvalue weighted by atomic mass is 19.1. The summed E-state index contributed by atoms with van der Waals surface area (Å²) in [7, 11) is 1.71. The van der Waals surface area contributed by atoms with Crippen LogP contribution in [-0.2, 0) is 19.4 Å². The highest BCUT2D eigenvalue weighted by molar-refractivity contribution is 5.85. The minimum Gasteiger partial charge on any atom is -0.493 e. The zero-order valence-electron chi connectivity index (χ0n) is 22.2. The van der Waals surface area contributed by atoms with E-state index in [2.05, 4.69) is 77.5 Å². The Balaban J connectivity index is 1.29. The Labute approximate surface area is 228 Å². The topological polar surface area (TPSA) is 37.5 Å². The third-order valence-electron chi connectivity index (χ3n) is 8.37. The molecule has 2 unspecified atom stereocenters. The van der Waals surface area contributed by atoms with Crippen LogP contribution in [0.3, 0.4) is 0 Å². The van der Waals surface area contributed by atoms with Gasteiger partial charge >= 0.3 is 0 Å². The molecule has 196 valence electrons. The fraction of sp³-hybridized carbons (Fsp3) is 0.235. The van der Waals surface area contributed by atoms with Crippen molar-refractivity contribution in [3.63, 3.8) is 0 Å². The van der Waals surface area contributed by atoms with E-state index >= 15 is 0 Å². The lowest BCUT2D eigenvalue weighted by Crippen LogP contribution is -2.43. The Bertz CT molecular complexity index is 1660. The maximum Gasteiger partial charge on any atom is 0.161 e. The van der Waals surface area contributed by atoms with Crippen LogP contribution in [0.15, 0.2) is 84.9 Å². The SMILES string of the molecule is COc1cc2c(cc1OCc1ccc(C)cc1)CCN1C2Cc2c([nH]c3ccccc23)C1c1ccc(F)cc1. The van der Waals surface area contributed by atoms with Gasteiger partial charge in [0, 0.05) is 29.2 Å². The Hall–Kier alpha value is -4.09. The third-order valence-corrected chi connectivity index (χ3v) is 8.37. The average Bonchev–Trinajstić information content (AvgIpc) is 3.34. The normalized spacial score (nSPS) is 18.3. The molecule has 0 amide bonds. The van der Waals surface area contributed by atoms with Crippen molar-refractivity contribution in [2.24, 2.45) is 0 Å². The van der Waals surface area contributed by atoms with Crippen molar-refractivity contribution in [2.75, 3.05) is 13.7 Å². The number of H-pyrrole nitrogens is 1. The molecule has 2 aliphatic rings. The number of aromatic nitrogens is 1. The molecule has 0 radical (unpaired) electrons. The Morgan fingerprint density at radius 1 is 0.949 bits per heavy atom. The second-order valence-electron chi connectivity index (χ2n) is 10.7. The molecule has 7 rings (SSSR count). The van der Waals surface area contributed by atoms with Crippen LogP contribution in [0.5, 0.6) is 11.5 Å². The summed E-state index contributed by atoms with van der Waals surface area (Å²) in [6.07, 6.45) is 1.81. The lowest BCUT2D eigenvalue weighted by Gasteiger charge is -2.46. The molecular formula is C34H31FN2O2. The number of hydrogen-bond donors (Lipinski definition) is 1. The summed E-state index contributed by atoms with van der Waals surface area (Å²) in [6.45, 7) is 3.49. The van der Waals surface area contributed by atoms with Crippen molar-refractivity contribution in [3.05, 3.63) is 130 Å². The summed E-state index contributed by atoms with van der Waals surface area (Å²) in [4.78, 5) is 6.29. The molecule has 0 aliphatic carbocycles. The molecule has 2 aliphatic heterocycles. The molecule has 4 nitrogen and oxygen atoms in total. The standard InChI is InChI=1S/C34H31FN2O2/c1-21-7-9-22(10-8-21)20-39-32-17-24-15-16-37-30(27(24)19-31(32)38-2)18-28-26-5-3-4-6-29(26)36-33(28)34(37)23-11-13-25(35)14-12-23/h3-14,17,19,30,34,36H,15-16,18,20H2,1-2H3. The average molecular weight is 519 g/mol. The van der Waals surface area contributed by atoms with Gasteiger partial charge in [-0.05, 0) is 77.9 Å². The van der Waals surface area contributed by atoms with E-state index in [4.69, 9.17) is 9.47 Å². The predicted octanol–water partition coefficient (Wildman–Crippen LogP) is 7.45. The predicted molar refractivity (Wildman–Crippen MR) is 152 cm³/mol. The van der Waals surface area contributed by atoms with Crippen LogP contribution < -0.4 is 9.47 Å². The summed E-state index contributed by atoms with van der Waals surface area (Å²) in [6, 6.07) is 28.5. The monoisotopic (exact) mass is 518 g/mol. The first-order valence-electron chi connectivity index (χ1n) is 13.6. The molecule has 5 aromatic rings. The van der Waals surface area contributed by atoms with Gasteiger partial charge in [-0.15, -0.1) is 0 Å². The number of para-hydroxylation sites is 1. The maximum absolute atomic E-state index is 13.9. The molecule has 0 fully saturated rings. The van der Waals surface area contributed by atoms with Crippen LogP contribution in [0.25, 0.3) is 10.9 Å². The lowest BCUT2D eigenvalue weighted by atomic mass is 9.80. The summed E-state index contributed by atoms with van der Waals surface area (Å²) in [5.41, 5.74) is 9.75. The summed E-state index contributed by atoms with van der Waals surface area (Å²) < 4.78 is 26.0. The van der Waals surface area contributed by atoms with E-state index in [-0.39, 0.29) is 17.9 Å². The first-order valence-corrected chi connectivity index (χ1v) is 13.6. The Morgan fingerprint density at radius 3 is 2.54 bits per heavy atom. The van der Waals surface area contributed by atoms with Crippen LogP contribution in [-0.4, -0.2) is 23.5 Å².